The first kappa shape index (κ1) is 16.1. The van der Waals surface area contributed by atoms with E-state index in [1.54, 1.807) is 0 Å². The van der Waals surface area contributed by atoms with Crippen LogP contribution >= 0.6 is 0 Å². The quantitative estimate of drug-likeness (QED) is 0.659. The maximum Gasteiger partial charge on any atom is 0.233 e. The van der Waals surface area contributed by atoms with Crippen molar-refractivity contribution < 1.29 is 14.4 Å². The highest BCUT2D eigenvalue weighted by molar-refractivity contribution is 6.06. The average molecular weight is 338 g/mol. The monoisotopic (exact) mass is 338 g/mol. The Hall–Kier alpha value is -2.43. The second-order valence-corrected chi connectivity index (χ2v) is 7.18. The van der Waals surface area contributed by atoms with Crippen LogP contribution in [0.2, 0.25) is 0 Å². The fourth-order valence-electron chi connectivity index (χ4n) is 4.45. The van der Waals surface area contributed by atoms with Gasteiger partial charge in [0.15, 0.2) is 0 Å². The normalized spacial score (nSPS) is 29.8. The molecule has 5 heteroatoms. The lowest BCUT2D eigenvalue weighted by molar-refractivity contribution is -0.140. The molecule has 5 rings (SSSR count). The summed E-state index contributed by atoms with van der Waals surface area (Å²) in [5.41, 5.74) is 1.03. The third-order valence-electron chi connectivity index (χ3n) is 5.75. The van der Waals surface area contributed by atoms with Crippen molar-refractivity contribution >= 4 is 17.7 Å². The number of fused-ring (bicyclic) bond motifs is 1. The van der Waals surface area contributed by atoms with Gasteiger partial charge in [-0.25, -0.2) is 0 Å². The summed E-state index contributed by atoms with van der Waals surface area (Å²) in [6, 6.07) is 9.67. The Bertz CT molecular complexity index is 696. The van der Waals surface area contributed by atoms with E-state index in [1.807, 2.05) is 30.3 Å². The highest BCUT2D eigenvalue weighted by atomic mass is 16.2. The van der Waals surface area contributed by atoms with Gasteiger partial charge in [0.05, 0.1) is 11.8 Å². The van der Waals surface area contributed by atoms with Crippen LogP contribution in [0.4, 0.5) is 0 Å². The van der Waals surface area contributed by atoms with Crippen LogP contribution in [0.5, 0.6) is 0 Å². The molecule has 0 aromatic heterocycles. The molecular weight excluding hydrogens is 316 g/mol. The van der Waals surface area contributed by atoms with Gasteiger partial charge in [-0.05, 0) is 30.2 Å². The molecule has 1 N–H and O–H groups in total. The summed E-state index contributed by atoms with van der Waals surface area (Å²) in [4.78, 5) is 38.7. The van der Waals surface area contributed by atoms with Crippen LogP contribution in [0.3, 0.4) is 0 Å². The largest absolute Gasteiger partial charge is 0.352 e. The van der Waals surface area contributed by atoms with Crippen molar-refractivity contribution in [3.05, 3.63) is 48.0 Å². The van der Waals surface area contributed by atoms with Gasteiger partial charge < -0.3 is 5.32 Å². The Morgan fingerprint density at radius 3 is 2.16 bits per heavy atom. The average Bonchev–Trinajstić information content (AvgIpc) is 2.93. The molecule has 4 aliphatic rings. The van der Waals surface area contributed by atoms with Gasteiger partial charge in [0, 0.05) is 19.5 Å². The van der Waals surface area contributed by atoms with E-state index < -0.39 is 0 Å². The topological polar surface area (TPSA) is 66.5 Å². The van der Waals surface area contributed by atoms with Crippen molar-refractivity contribution in [3.63, 3.8) is 0 Å². The molecule has 0 unspecified atom stereocenters. The summed E-state index contributed by atoms with van der Waals surface area (Å²) in [5.74, 6) is -0.283. The minimum Gasteiger partial charge on any atom is -0.352 e. The van der Waals surface area contributed by atoms with Gasteiger partial charge in [-0.1, -0.05) is 42.5 Å². The molecular formula is C20H22N2O3. The van der Waals surface area contributed by atoms with Crippen LogP contribution in [-0.4, -0.2) is 29.2 Å². The van der Waals surface area contributed by atoms with E-state index in [0.29, 0.717) is 6.54 Å². The molecule has 0 spiro atoms. The maximum absolute atomic E-state index is 12.7. The van der Waals surface area contributed by atoms with E-state index in [0.717, 1.165) is 18.4 Å². The van der Waals surface area contributed by atoms with Gasteiger partial charge in [-0.15, -0.1) is 0 Å². The predicted octanol–water partition coefficient (Wildman–Crippen LogP) is 1.89. The third kappa shape index (κ3) is 2.88. The second kappa shape index (κ2) is 6.47. The lowest BCUT2D eigenvalue weighted by Crippen LogP contribution is -2.38. The molecule has 2 bridgehead atoms. The van der Waals surface area contributed by atoms with E-state index in [-0.39, 0.29) is 54.4 Å². The number of nitrogens with zero attached hydrogens (tertiary/aromatic N) is 1. The highest BCUT2D eigenvalue weighted by Gasteiger charge is 2.56. The summed E-state index contributed by atoms with van der Waals surface area (Å²) in [6.07, 6.45) is 6.36. The van der Waals surface area contributed by atoms with Crippen LogP contribution in [0, 0.1) is 23.7 Å². The summed E-state index contributed by atoms with van der Waals surface area (Å²) < 4.78 is 0. The van der Waals surface area contributed by atoms with Crippen LogP contribution in [0.15, 0.2) is 42.5 Å². The Labute approximate surface area is 147 Å². The smallest absolute Gasteiger partial charge is 0.233 e. The van der Waals surface area contributed by atoms with Crippen LogP contribution in [-0.2, 0) is 20.9 Å². The molecule has 1 aliphatic heterocycles. The molecule has 1 aromatic carbocycles. The zero-order valence-electron chi connectivity index (χ0n) is 14.1. The van der Waals surface area contributed by atoms with Crippen molar-refractivity contribution in [2.75, 3.05) is 6.54 Å². The molecule has 0 radical (unpaired) electrons. The molecule has 3 amide bonds. The molecule has 3 aliphatic carbocycles. The standard InChI is InChI=1S/C20H22N2O3/c23-16(21-12-13-4-2-1-3-5-13)10-11-22-19(24)17-14-6-7-15(9-8-14)18(17)20(22)25/h1-7,14-15,17-18H,8-12H2,(H,21,23)/t14-,15-,17+,18+/m0/s1. The zero-order valence-corrected chi connectivity index (χ0v) is 14.1. The number of carbonyl (C=O) groups is 3. The van der Waals surface area contributed by atoms with Gasteiger partial charge in [-0.3, -0.25) is 19.3 Å². The minimum atomic E-state index is -0.191. The summed E-state index contributed by atoms with van der Waals surface area (Å²) in [7, 11) is 0. The Kier molecular flexibility index (Phi) is 4.15. The SMILES string of the molecule is O=C(CCN1C(=O)[C@H]2[C@H](C1=O)[C@H]1C=C[C@H]2CC1)NCc1ccccc1. The number of nitrogens with one attached hydrogen (secondary N) is 1. The molecule has 1 heterocycles. The highest BCUT2D eigenvalue weighted by Crippen LogP contribution is 2.49. The molecule has 1 saturated heterocycles. The first-order valence-electron chi connectivity index (χ1n) is 8.99. The zero-order chi connectivity index (χ0) is 17.4. The molecule has 25 heavy (non-hydrogen) atoms. The van der Waals surface area contributed by atoms with Crippen molar-refractivity contribution in [1.82, 2.24) is 10.2 Å². The Morgan fingerprint density at radius 1 is 1.00 bits per heavy atom. The summed E-state index contributed by atoms with van der Waals surface area (Å²) in [6.45, 7) is 0.644. The van der Waals surface area contributed by atoms with Gasteiger partial charge in [0.2, 0.25) is 17.7 Å². The number of allylic oxidation sites excluding steroid dienone is 2. The maximum atomic E-state index is 12.7. The molecule has 2 fully saturated rings. The molecule has 130 valence electrons. The first-order valence-corrected chi connectivity index (χ1v) is 8.99. The van der Waals surface area contributed by atoms with E-state index in [9.17, 15) is 14.4 Å². The second-order valence-electron chi connectivity index (χ2n) is 7.18. The predicted molar refractivity (Wildman–Crippen MR) is 92.0 cm³/mol. The number of amides is 3. The van der Waals surface area contributed by atoms with Crippen molar-refractivity contribution in [2.45, 2.75) is 25.8 Å². The van der Waals surface area contributed by atoms with Crippen molar-refractivity contribution in [2.24, 2.45) is 23.7 Å². The lowest BCUT2D eigenvalue weighted by Gasteiger charge is -2.38. The molecule has 1 aromatic rings. The number of hydrogen-bond donors (Lipinski definition) is 1. The van der Waals surface area contributed by atoms with Crippen molar-refractivity contribution in [3.8, 4) is 0 Å². The van der Waals surface area contributed by atoms with E-state index >= 15 is 0 Å². The number of hydrogen-bond acceptors (Lipinski definition) is 3. The fourth-order valence-corrected chi connectivity index (χ4v) is 4.45. The van der Waals surface area contributed by atoms with E-state index in [1.165, 1.54) is 4.90 Å². The van der Waals surface area contributed by atoms with Gasteiger partial charge in [-0.2, -0.15) is 0 Å². The molecule has 4 atom stereocenters. The van der Waals surface area contributed by atoms with E-state index in [4.69, 9.17) is 0 Å². The number of rotatable bonds is 5. The van der Waals surface area contributed by atoms with Crippen molar-refractivity contribution in [1.29, 1.82) is 0 Å². The summed E-state index contributed by atoms with van der Waals surface area (Å²) in [5, 5.41) is 2.84. The number of benzene rings is 1. The van der Waals surface area contributed by atoms with Gasteiger partial charge in [0.25, 0.3) is 0 Å². The number of carbonyl (C=O) groups excluding carboxylic acids is 3. The molecule has 1 saturated carbocycles. The van der Waals surface area contributed by atoms with E-state index in [2.05, 4.69) is 17.5 Å². The van der Waals surface area contributed by atoms with Crippen LogP contribution in [0.25, 0.3) is 0 Å². The lowest BCUT2D eigenvalue weighted by atomic mass is 9.63. The minimum absolute atomic E-state index is 0.0788. The summed E-state index contributed by atoms with van der Waals surface area (Å²) >= 11 is 0. The Balaban J connectivity index is 1.33. The van der Waals surface area contributed by atoms with Crippen LogP contribution in [0.1, 0.15) is 24.8 Å². The van der Waals surface area contributed by atoms with Gasteiger partial charge in [0.1, 0.15) is 0 Å². The third-order valence-corrected chi connectivity index (χ3v) is 5.75. The Morgan fingerprint density at radius 2 is 1.60 bits per heavy atom. The number of imide groups is 1. The molecule has 5 nitrogen and oxygen atoms in total. The van der Waals surface area contributed by atoms with Crippen LogP contribution < -0.4 is 5.32 Å². The fraction of sp³-hybridized carbons (Fsp3) is 0.450. The number of likely N-dealkylation sites (tertiary alicyclic amines) is 1. The first-order chi connectivity index (χ1) is 12.1. The van der Waals surface area contributed by atoms with Gasteiger partial charge >= 0.3 is 0 Å².